The highest BCUT2D eigenvalue weighted by Crippen LogP contribution is 2.27. The molecule has 1 aromatic carbocycles. The molecular weight excluding hydrogens is 366 g/mol. The summed E-state index contributed by atoms with van der Waals surface area (Å²) in [5.41, 5.74) is 6.59. The van der Waals surface area contributed by atoms with Gasteiger partial charge in [-0.05, 0) is 45.6 Å². The van der Waals surface area contributed by atoms with Gasteiger partial charge in [0, 0.05) is 10.0 Å². The molecule has 0 bridgehead atoms. The summed E-state index contributed by atoms with van der Waals surface area (Å²) in [6, 6.07) is 6.58. The summed E-state index contributed by atoms with van der Waals surface area (Å²) in [4.78, 5) is 12.5. The average Bonchev–Trinajstić information content (AvgIpc) is 2.86. The lowest BCUT2D eigenvalue weighted by atomic mass is 10.2. The minimum absolute atomic E-state index is 0.00937. The van der Waals surface area contributed by atoms with E-state index < -0.39 is 0 Å². The zero-order valence-electron chi connectivity index (χ0n) is 9.93. The van der Waals surface area contributed by atoms with Gasteiger partial charge in [-0.25, -0.2) is 0 Å². The first-order valence-corrected chi connectivity index (χ1v) is 7.39. The van der Waals surface area contributed by atoms with E-state index >= 15 is 0 Å². The molecule has 2 aromatic rings. The number of nitrogens with zero attached hydrogens (tertiary/aromatic N) is 1. The number of benzene rings is 1. The number of halogens is 2. The number of anilines is 1. The van der Waals surface area contributed by atoms with E-state index in [0.717, 1.165) is 0 Å². The van der Waals surface area contributed by atoms with Crippen LogP contribution in [0.1, 0.15) is 15.2 Å². The fourth-order valence-electron chi connectivity index (χ4n) is 1.47. The van der Waals surface area contributed by atoms with E-state index in [1.807, 2.05) is 0 Å². The predicted molar refractivity (Wildman–Crippen MR) is 83.9 cm³/mol. The molecule has 1 amide bonds. The quantitative estimate of drug-likeness (QED) is 0.332. The third kappa shape index (κ3) is 3.12. The topological polar surface area (TPSA) is 87.7 Å². The van der Waals surface area contributed by atoms with E-state index in [4.69, 9.17) is 22.5 Å². The summed E-state index contributed by atoms with van der Waals surface area (Å²) in [5.74, 6) is -0.299. The van der Waals surface area contributed by atoms with Crippen LogP contribution in [0.25, 0.3) is 0 Å². The van der Waals surface area contributed by atoms with Crippen LogP contribution in [0.3, 0.4) is 0 Å². The second-order valence-electron chi connectivity index (χ2n) is 3.73. The summed E-state index contributed by atoms with van der Waals surface area (Å²) in [6.07, 6.45) is 0. The molecule has 0 saturated carbocycles. The smallest absolute Gasteiger partial charge is 0.267 e. The molecule has 20 heavy (non-hydrogen) atoms. The lowest BCUT2D eigenvalue weighted by molar-refractivity contribution is 0.103. The van der Waals surface area contributed by atoms with Crippen LogP contribution in [-0.4, -0.2) is 17.0 Å². The zero-order valence-corrected chi connectivity index (χ0v) is 13.1. The van der Waals surface area contributed by atoms with E-state index in [-0.39, 0.29) is 11.7 Å². The van der Waals surface area contributed by atoms with Gasteiger partial charge in [0.05, 0.1) is 10.7 Å². The van der Waals surface area contributed by atoms with Crippen LogP contribution in [0.5, 0.6) is 0 Å². The van der Waals surface area contributed by atoms with Crippen LogP contribution in [-0.2, 0) is 0 Å². The van der Waals surface area contributed by atoms with Crippen molar-refractivity contribution in [3.63, 3.8) is 0 Å². The Bertz CT molecular complexity index is 687. The number of oxime groups is 1. The largest absolute Gasteiger partial charge is 0.409 e. The van der Waals surface area contributed by atoms with Crippen molar-refractivity contribution in [1.82, 2.24) is 0 Å². The first-order chi connectivity index (χ1) is 9.52. The first-order valence-electron chi connectivity index (χ1n) is 5.34. The zero-order chi connectivity index (χ0) is 14.7. The fraction of sp³-hybridized carbons (Fsp3) is 0. The molecule has 8 heteroatoms. The number of rotatable bonds is 3. The van der Waals surface area contributed by atoms with E-state index in [1.165, 1.54) is 11.3 Å². The lowest BCUT2D eigenvalue weighted by Gasteiger charge is -2.08. The Kier molecular flexibility index (Phi) is 4.64. The Hall–Kier alpha value is -1.57. The van der Waals surface area contributed by atoms with Gasteiger partial charge in [0.2, 0.25) is 0 Å². The van der Waals surface area contributed by atoms with Crippen molar-refractivity contribution in [1.29, 1.82) is 0 Å². The molecule has 0 unspecified atom stereocenters. The molecule has 104 valence electrons. The summed E-state index contributed by atoms with van der Waals surface area (Å²) in [6.45, 7) is 0. The Balaban J connectivity index is 2.23. The van der Waals surface area contributed by atoms with Crippen LogP contribution in [0, 0.1) is 0 Å². The number of nitrogens with one attached hydrogen (secondary N) is 1. The van der Waals surface area contributed by atoms with Crippen molar-refractivity contribution in [3.05, 3.63) is 49.6 Å². The van der Waals surface area contributed by atoms with Gasteiger partial charge in [0.25, 0.3) is 5.91 Å². The number of hydrogen-bond donors (Lipinski definition) is 3. The standard InChI is InChI=1S/C12H9BrClN3O2S/c13-7-5-6(11(15)17-19)1-2-9(7)16-12(18)10-8(14)3-4-20-10/h1-5,19H,(H2,15,17)(H,16,18). The molecule has 0 aliphatic rings. The maximum absolute atomic E-state index is 12.0. The molecular formula is C12H9BrClN3O2S. The van der Waals surface area contributed by atoms with E-state index in [9.17, 15) is 4.79 Å². The van der Waals surface area contributed by atoms with Crippen molar-refractivity contribution in [2.45, 2.75) is 0 Å². The summed E-state index contributed by atoms with van der Waals surface area (Å²) in [5, 5.41) is 16.4. The van der Waals surface area contributed by atoms with Crippen LogP contribution in [0.2, 0.25) is 5.02 Å². The first kappa shape index (κ1) is 14.8. The van der Waals surface area contributed by atoms with Crippen molar-refractivity contribution >= 4 is 56.3 Å². The molecule has 0 aliphatic heterocycles. The van der Waals surface area contributed by atoms with Gasteiger partial charge >= 0.3 is 0 Å². The number of carbonyl (C=O) groups is 1. The number of amides is 1. The highest BCUT2D eigenvalue weighted by molar-refractivity contribution is 9.10. The second-order valence-corrected chi connectivity index (χ2v) is 5.91. The van der Waals surface area contributed by atoms with Crippen molar-refractivity contribution in [2.75, 3.05) is 5.32 Å². The molecule has 0 atom stereocenters. The number of nitrogens with two attached hydrogens (primary N) is 1. The Labute approximate surface area is 132 Å². The molecule has 2 rings (SSSR count). The SMILES string of the molecule is N/C(=N/O)c1ccc(NC(=O)c2sccc2Cl)c(Br)c1. The van der Waals surface area contributed by atoms with Gasteiger partial charge in [-0.2, -0.15) is 0 Å². The molecule has 1 heterocycles. The van der Waals surface area contributed by atoms with Gasteiger partial charge in [-0.1, -0.05) is 16.8 Å². The van der Waals surface area contributed by atoms with Crippen LogP contribution >= 0.6 is 38.9 Å². The molecule has 5 nitrogen and oxygen atoms in total. The van der Waals surface area contributed by atoms with E-state index in [2.05, 4.69) is 26.4 Å². The van der Waals surface area contributed by atoms with Gasteiger partial charge < -0.3 is 16.3 Å². The lowest BCUT2D eigenvalue weighted by Crippen LogP contribution is -2.14. The number of carbonyl (C=O) groups excluding carboxylic acids is 1. The second kappa shape index (κ2) is 6.25. The number of hydrogen-bond acceptors (Lipinski definition) is 4. The minimum atomic E-state index is -0.290. The van der Waals surface area contributed by atoms with Gasteiger partial charge in [0.15, 0.2) is 5.84 Å². The molecule has 0 fully saturated rings. The van der Waals surface area contributed by atoms with Gasteiger partial charge in [-0.3, -0.25) is 4.79 Å². The summed E-state index contributed by atoms with van der Waals surface area (Å²) < 4.78 is 0.614. The normalized spacial score (nSPS) is 11.4. The average molecular weight is 375 g/mol. The molecule has 1 aromatic heterocycles. The monoisotopic (exact) mass is 373 g/mol. The molecule has 0 spiro atoms. The third-order valence-corrected chi connectivity index (χ3v) is 4.44. The Morgan fingerprint density at radius 1 is 1.45 bits per heavy atom. The molecule has 4 N–H and O–H groups in total. The van der Waals surface area contributed by atoms with Crippen LogP contribution in [0.4, 0.5) is 5.69 Å². The summed E-state index contributed by atoms with van der Waals surface area (Å²) in [7, 11) is 0. The minimum Gasteiger partial charge on any atom is -0.409 e. The fourth-order valence-corrected chi connectivity index (χ4v) is 2.98. The highest BCUT2D eigenvalue weighted by atomic mass is 79.9. The maximum Gasteiger partial charge on any atom is 0.267 e. The third-order valence-electron chi connectivity index (χ3n) is 2.44. The summed E-state index contributed by atoms with van der Waals surface area (Å²) >= 11 is 10.5. The predicted octanol–water partition coefficient (Wildman–Crippen LogP) is 3.51. The van der Waals surface area contributed by atoms with Crippen molar-refractivity contribution in [2.24, 2.45) is 10.9 Å². The number of amidine groups is 1. The van der Waals surface area contributed by atoms with Crippen molar-refractivity contribution in [3.8, 4) is 0 Å². The van der Waals surface area contributed by atoms with Crippen LogP contribution < -0.4 is 11.1 Å². The molecule has 0 aliphatic carbocycles. The Morgan fingerprint density at radius 3 is 2.75 bits per heavy atom. The van der Waals surface area contributed by atoms with Crippen LogP contribution in [0.15, 0.2) is 39.3 Å². The highest BCUT2D eigenvalue weighted by Gasteiger charge is 2.14. The van der Waals surface area contributed by atoms with Gasteiger partial charge in [0.1, 0.15) is 4.88 Å². The maximum atomic E-state index is 12.0. The molecule has 0 radical (unpaired) electrons. The molecule has 0 saturated heterocycles. The Morgan fingerprint density at radius 2 is 2.20 bits per heavy atom. The number of thiophene rings is 1. The van der Waals surface area contributed by atoms with Gasteiger partial charge in [-0.15, -0.1) is 11.3 Å². The van der Waals surface area contributed by atoms with E-state index in [1.54, 1.807) is 29.6 Å². The van der Waals surface area contributed by atoms with Crippen molar-refractivity contribution < 1.29 is 10.0 Å². The van der Waals surface area contributed by atoms with E-state index in [0.29, 0.717) is 25.6 Å².